The van der Waals surface area contributed by atoms with Crippen LogP contribution in [-0.4, -0.2) is 25.7 Å². The molecular weight excluding hydrogens is 298 g/mol. The average Bonchev–Trinajstić information content (AvgIpc) is 2.54. The summed E-state index contributed by atoms with van der Waals surface area (Å²) in [5.74, 6) is 0. The molecule has 1 aliphatic rings. The Morgan fingerprint density at radius 2 is 1.95 bits per heavy atom. The SMILES string of the molecule is Cc1ccc(S(=O)(=O)NC2CCCCCC2O)c(Cl)c1. The van der Waals surface area contributed by atoms with Crippen molar-refractivity contribution in [1.82, 2.24) is 4.72 Å². The number of hydrogen-bond acceptors (Lipinski definition) is 3. The van der Waals surface area contributed by atoms with Gasteiger partial charge in [0.1, 0.15) is 4.90 Å². The second kappa shape index (κ2) is 6.43. The highest BCUT2D eigenvalue weighted by atomic mass is 35.5. The first-order chi connectivity index (χ1) is 9.40. The summed E-state index contributed by atoms with van der Waals surface area (Å²) in [6.45, 7) is 1.85. The number of rotatable bonds is 3. The zero-order chi connectivity index (χ0) is 14.8. The molecule has 2 atom stereocenters. The first-order valence-electron chi connectivity index (χ1n) is 6.87. The van der Waals surface area contributed by atoms with Crippen molar-refractivity contribution in [3.05, 3.63) is 28.8 Å². The number of nitrogens with one attached hydrogen (secondary N) is 1. The molecule has 1 saturated carbocycles. The van der Waals surface area contributed by atoms with Crippen molar-refractivity contribution in [3.63, 3.8) is 0 Å². The fourth-order valence-corrected chi connectivity index (χ4v) is 4.42. The molecule has 1 aromatic carbocycles. The van der Waals surface area contributed by atoms with E-state index in [1.54, 1.807) is 12.1 Å². The predicted molar refractivity (Wildman–Crippen MR) is 79.4 cm³/mol. The van der Waals surface area contributed by atoms with Crippen LogP contribution in [0.25, 0.3) is 0 Å². The van der Waals surface area contributed by atoms with E-state index in [0.717, 1.165) is 24.8 Å². The molecule has 1 aliphatic carbocycles. The molecule has 1 aromatic rings. The number of hydrogen-bond donors (Lipinski definition) is 2. The molecule has 0 heterocycles. The summed E-state index contributed by atoms with van der Waals surface area (Å²) < 4.78 is 27.4. The van der Waals surface area contributed by atoms with Crippen molar-refractivity contribution < 1.29 is 13.5 Å². The number of aliphatic hydroxyl groups excluding tert-OH is 1. The number of aryl methyl sites for hydroxylation is 1. The Morgan fingerprint density at radius 3 is 2.65 bits per heavy atom. The smallest absolute Gasteiger partial charge is 0.242 e. The van der Waals surface area contributed by atoms with E-state index in [0.29, 0.717) is 12.8 Å². The predicted octanol–water partition coefficient (Wildman–Crippen LogP) is 2.62. The molecule has 1 fully saturated rings. The lowest BCUT2D eigenvalue weighted by Crippen LogP contribution is -2.42. The Morgan fingerprint density at radius 1 is 1.25 bits per heavy atom. The normalized spacial score (nSPS) is 24.4. The molecule has 2 unspecified atom stereocenters. The van der Waals surface area contributed by atoms with Crippen LogP contribution in [0.4, 0.5) is 0 Å². The zero-order valence-corrected chi connectivity index (χ0v) is 13.0. The Labute approximate surface area is 125 Å². The van der Waals surface area contributed by atoms with Crippen molar-refractivity contribution in [2.75, 3.05) is 0 Å². The number of aliphatic hydroxyl groups is 1. The lowest BCUT2D eigenvalue weighted by molar-refractivity contribution is 0.130. The van der Waals surface area contributed by atoms with Gasteiger partial charge in [0.25, 0.3) is 0 Å². The van der Waals surface area contributed by atoms with E-state index in [4.69, 9.17) is 11.6 Å². The maximum atomic E-state index is 12.4. The van der Waals surface area contributed by atoms with Gasteiger partial charge in [-0.15, -0.1) is 0 Å². The molecule has 0 aromatic heterocycles. The molecule has 0 spiro atoms. The fraction of sp³-hybridized carbons (Fsp3) is 0.571. The third kappa shape index (κ3) is 3.73. The third-order valence-electron chi connectivity index (χ3n) is 3.66. The topological polar surface area (TPSA) is 66.4 Å². The van der Waals surface area contributed by atoms with Crippen LogP contribution in [0.3, 0.4) is 0 Å². The molecule has 4 nitrogen and oxygen atoms in total. The van der Waals surface area contributed by atoms with E-state index in [2.05, 4.69) is 4.72 Å². The minimum Gasteiger partial charge on any atom is -0.391 e. The number of halogens is 1. The molecule has 112 valence electrons. The minimum absolute atomic E-state index is 0.0706. The maximum absolute atomic E-state index is 12.4. The van der Waals surface area contributed by atoms with Crippen molar-refractivity contribution in [2.24, 2.45) is 0 Å². The Balaban J connectivity index is 2.21. The lowest BCUT2D eigenvalue weighted by atomic mass is 10.1. The summed E-state index contributed by atoms with van der Waals surface area (Å²) in [5, 5.41) is 10.2. The van der Waals surface area contributed by atoms with Crippen LogP contribution in [0.2, 0.25) is 5.02 Å². The maximum Gasteiger partial charge on any atom is 0.242 e. The van der Waals surface area contributed by atoms with E-state index in [1.165, 1.54) is 6.07 Å². The van der Waals surface area contributed by atoms with Gasteiger partial charge < -0.3 is 5.11 Å². The first-order valence-corrected chi connectivity index (χ1v) is 8.73. The Hall–Kier alpha value is -0.620. The van der Waals surface area contributed by atoms with E-state index in [-0.39, 0.29) is 9.92 Å². The highest BCUT2D eigenvalue weighted by molar-refractivity contribution is 7.89. The summed E-state index contributed by atoms with van der Waals surface area (Å²) in [6.07, 6.45) is 3.55. The van der Waals surface area contributed by atoms with Gasteiger partial charge in [0.15, 0.2) is 0 Å². The van der Waals surface area contributed by atoms with Crippen LogP contribution < -0.4 is 4.72 Å². The largest absolute Gasteiger partial charge is 0.391 e. The molecule has 0 aliphatic heterocycles. The fourth-order valence-electron chi connectivity index (χ4n) is 2.51. The van der Waals surface area contributed by atoms with Crippen LogP contribution in [0, 0.1) is 6.92 Å². The third-order valence-corrected chi connectivity index (χ3v) is 5.64. The molecule has 0 amide bonds. The summed E-state index contributed by atoms with van der Waals surface area (Å²) in [7, 11) is -3.70. The van der Waals surface area contributed by atoms with E-state index in [1.807, 2.05) is 6.92 Å². The highest BCUT2D eigenvalue weighted by Gasteiger charge is 2.28. The molecule has 20 heavy (non-hydrogen) atoms. The number of benzene rings is 1. The van der Waals surface area contributed by atoms with Gasteiger partial charge in [-0.3, -0.25) is 0 Å². The molecule has 0 saturated heterocycles. The van der Waals surface area contributed by atoms with E-state index in [9.17, 15) is 13.5 Å². The standard InChI is InChI=1S/C14H20ClNO3S/c1-10-7-8-14(11(15)9-10)20(18,19)16-12-5-3-2-4-6-13(12)17/h7-9,12-13,16-17H,2-6H2,1H3. The minimum atomic E-state index is -3.70. The van der Waals surface area contributed by atoms with Crippen LogP contribution in [-0.2, 0) is 10.0 Å². The summed E-state index contributed by atoms with van der Waals surface area (Å²) in [6, 6.07) is 4.41. The van der Waals surface area contributed by atoms with Crippen LogP contribution in [0.5, 0.6) is 0 Å². The van der Waals surface area contributed by atoms with Crippen molar-refractivity contribution in [1.29, 1.82) is 0 Å². The van der Waals surface area contributed by atoms with Gasteiger partial charge in [-0.05, 0) is 37.5 Å². The van der Waals surface area contributed by atoms with Crippen LogP contribution in [0.15, 0.2) is 23.1 Å². The van der Waals surface area contributed by atoms with Crippen molar-refractivity contribution >= 4 is 21.6 Å². The van der Waals surface area contributed by atoms with Crippen LogP contribution in [0.1, 0.15) is 37.7 Å². The second-order valence-electron chi connectivity index (χ2n) is 5.37. The van der Waals surface area contributed by atoms with Gasteiger partial charge in [0.05, 0.1) is 11.1 Å². The van der Waals surface area contributed by atoms with E-state index >= 15 is 0 Å². The Bertz CT molecular complexity index is 574. The van der Waals surface area contributed by atoms with Gasteiger partial charge in [-0.25, -0.2) is 13.1 Å². The quantitative estimate of drug-likeness (QED) is 0.842. The second-order valence-corrected chi connectivity index (χ2v) is 7.46. The van der Waals surface area contributed by atoms with Gasteiger partial charge in [-0.2, -0.15) is 0 Å². The average molecular weight is 318 g/mol. The summed E-state index contributed by atoms with van der Waals surface area (Å²) in [5.41, 5.74) is 0.906. The molecule has 2 rings (SSSR count). The molecule has 0 radical (unpaired) electrons. The highest BCUT2D eigenvalue weighted by Crippen LogP contribution is 2.25. The van der Waals surface area contributed by atoms with Crippen molar-refractivity contribution in [3.8, 4) is 0 Å². The summed E-state index contributed by atoms with van der Waals surface area (Å²) in [4.78, 5) is 0.0706. The van der Waals surface area contributed by atoms with E-state index < -0.39 is 22.2 Å². The molecule has 0 bridgehead atoms. The zero-order valence-electron chi connectivity index (χ0n) is 11.5. The molecule has 6 heteroatoms. The monoisotopic (exact) mass is 317 g/mol. The van der Waals surface area contributed by atoms with Crippen LogP contribution >= 0.6 is 11.6 Å². The molecule has 2 N–H and O–H groups in total. The first kappa shape index (κ1) is 15.8. The lowest BCUT2D eigenvalue weighted by Gasteiger charge is -2.22. The van der Waals surface area contributed by atoms with Gasteiger partial charge >= 0.3 is 0 Å². The van der Waals surface area contributed by atoms with Gasteiger partial charge in [0.2, 0.25) is 10.0 Å². The summed E-state index contributed by atoms with van der Waals surface area (Å²) >= 11 is 6.02. The number of sulfonamides is 1. The van der Waals surface area contributed by atoms with Gasteiger partial charge in [0, 0.05) is 6.04 Å². The Kier molecular flexibility index (Phi) is 5.07. The van der Waals surface area contributed by atoms with Gasteiger partial charge in [-0.1, -0.05) is 36.9 Å². The van der Waals surface area contributed by atoms with Crippen molar-refractivity contribution in [2.45, 2.75) is 56.1 Å². The molecular formula is C14H20ClNO3S.